The molecule has 128 valence electrons. The number of nitrogens with zero attached hydrogens (tertiary/aromatic N) is 5. The molecule has 24 heavy (non-hydrogen) atoms. The van der Waals surface area contributed by atoms with Gasteiger partial charge in [-0.15, -0.1) is 0 Å². The Morgan fingerprint density at radius 3 is 2.62 bits per heavy atom. The second kappa shape index (κ2) is 6.37. The van der Waals surface area contributed by atoms with Crippen LogP contribution in [0.4, 0.5) is 0 Å². The molecule has 0 unspecified atom stereocenters. The Hall–Kier alpha value is -2.18. The second-order valence-corrected chi connectivity index (χ2v) is 6.87. The van der Waals surface area contributed by atoms with E-state index in [4.69, 9.17) is 4.52 Å². The number of likely N-dealkylation sites (tertiary alicyclic amines) is 1. The molecule has 0 aromatic carbocycles. The van der Waals surface area contributed by atoms with Crippen LogP contribution in [-0.2, 0) is 0 Å². The largest absolute Gasteiger partial charge is 0.339 e. The molecule has 1 saturated heterocycles. The van der Waals surface area contributed by atoms with Gasteiger partial charge in [-0.1, -0.05) is 18.0 Å². The molecule has 2 fully saturated rings. The molecule has 0 spiro atoms. The Morgan fingerprint density at radius 1 is 1.21 bits per heavy atom. The summed E-state index contributed by atoms with van der Waals surface area (Å²) in [6, 6.07) is 2.33. The maximum atomic E-state index is 12.7. The molecular formula is C17H23N5O2. The average Bonchev–Trinajstić information content (AvgIpc) is 3.35. The van der Waals surface area contributed by atoms with Crippen molar-refractivity contribution >= 4 is 5.91 Å². The van der Waals surface area contributed by atoms with Crippen LogP contribution in [0.1, 0.15) is 72.7 Å². The van der Waals surface area contributed by atoms with E-state index in [-0.39, 0.29) is 11.8 Å². The van der Waals surface area contributed by atoms with Crippen molar-refractivity contribution in [1.29, 1.82) is 0 Å². The van der Waals surface area contributed by atoms with Gasteiger partial charge in [0.2, 0.25) is 5.89 Å². The van der Waals surface area contributed by atoms with E-state index in [9.17, 15) is 4.79 Å². The Labute approximate surface area is 141 Å². The lowest BCUT2D eigenvalue weighted by molar-refractivity contribution is 0.0697. The monoisotopic (exact) mass is 329 g/mol. The van der Waals surface area contributed by atoms with Crippen LogP contribution in [0.5, 0.6) is 0 Å². The summed E-state index contributed by atoms with van der Waals surface area (Å²) in [7, 11) is 0. The van der Waals surface area contributed by atoms with Gasteiger partial charge in [0, 0.05) is 25.2 Å². The molecule has 7 nitrogen and oxygen atoms in total. The highest BCUT2D eigenvalue weighted by molar-refractivity contribution is 5.92. The minimum absolute atomic E-state index is 0.0342. The van der Waals surface area contributed by atoms with E-state index in [2.05, 4.69) is 15.2 Å². The Balaban J connectivity index is 1.37. The molecule has 1 aliphatic heterocycles. The molecule has 1 aliphatic carbocycles. The number of carbonyl (C=O) groups is 1. The highest BCUT2D eigenvalue weighted by Crippen LogP contribution is 2.30. The van der Waals surface area contributed by atoms with Gasteiger partial charge in [0.05, 0.1) is 6.04 Å². The summed E-state index contributed by atoms with van der Waals surface area (Å²) >= 11 is 0. The van der Waals surface area contributed by atoms with Crippen LogP contribution < -0.4 is 0 Å². The van der Waals surface area contributed by atoms with Gasteiger partial charge in [-0.05, 0) is 38.7 Å². The SMILES string of the molecule is Cc1noc(C2CCN(C(=O)c3ccn(C4CCCC4)n3)CC2)n1. The smallest absolute Gasteiger partial charge is 0.274 e. The van der Waals surface area contributed by atoms with Crippen molar-refractivity contribution in [2.45, 2.75) is 57.4 Å². The minimum Gasteiger partial charge on any atom is -0.339 e. The molecule has 0 atom stereocenters. The zero-order valence-corrected chi connectivity index (χ0v) is 14.0. The zero-order valence-electron chi connectivity index (χ0n) is 14.0. The third kappa shape index (κ3) is 2.95. The van der Waals surface area contributed by atoms with Gasteiger partial charge >= 0.3 is 0 Å². The van der Waals surface area contributed by atoms with Crippen molar-refractivity contribution < 1.29 is 9.32 Å². The number of hydrogen-bond acceptors (Lipinski definition) is 5. The van der Waals surface area contributed by atoms with Gasteiger partial charge in [0.1, 0.15) is 5.69 Å². The third-order valence-corrected chi connectivity index (χ3v) is 5.20. The summed E-state index contributed by atoms with van der Waals surface area (Å²) in [4.78, 5) is 18.9. The van der Waals surface area contributed by atoms with Crippen molar-refractivity contribution in [3.05, 3.63) is 29.7 Å². The van der Waals surface area contributed by atoms with Crippen LogP contribution in [0.3, 0.4) is 0 Å². The predicted molar refractivity (Wildman–Crippen MR) is 86.6 cm³/mol. The third-order valence-electron chi connectivity index (χ3n) is 5.20. The number of aryl methyl sites for hydroxylation is 1. The first kappa shape index (κ1) is 15.4. The summed E-state index contributed by atoms with van der Waals surface area (Å²) in [5.74, 6) is 1.66. The topological polar surface area (TPSA) is 77.0 Å². The summed E-state index contributed by atoms with van der Waals surface area (Å²) in [5, 5.41) is 8.39. The van der Waals surface area contributed by atoms with E-state index in [1.807, 2.05) is 28.8 Å². The fourth-order valence-electron chi connectivity index (χ4n) is 3.79. The molecule has 3 heterocycles. The Morgan fingerprint density at radius 2 is 1.96 bits per heavy atom. The summed E-state index contributed by atoms with van der Waals surface area (Å²) < 4.78 is 7.24. The Bertz CT molecular complexity index is 708. The highest BCUT2D eigenvalue weighted by Gasteiger charge is 2.29. The number of carbonyl (C=O) groups excluding carboxylic acids is 1. The van der Waals surface area contributed by atoms with Gasteiger partial charge in [-0.3, -0.25) is 9.48 Å². The molecule has 2 aromatic heterocycles. The van der Waals surface area contributed by atoms with Crippen molar-refractivity contribution in [3.8, 4) is 0 Å². The molecule has 0 radical (unpaired) electrons. The van der Waals surface area contributed by atoms with E-state index < -0.39 is 0 Å². The number of hydrogen-bond donors (Lipinski definition) is 0. The molecule has 1 amide bonds. The van der Waals surface area contributed by atoms with Gasteiger partial charge in [0.25, 0.3) is 5.91 Å². The summed E-state index contributed by atoms with van der Waals surface area (Å²) in [6.45, 7) is 3.24. The van der Waals surface area contributed by atoms with Crippen LogP contribution >= 0.6 is 0 Å². The van der Waals surface area contributed by atoms with E-state index >= 15 is 0 Å². The van der Waals surface area contributed by atoms with Gasteiger partial charge in [0.15, 0.2) is 5.82 Å². The average molecular weight is 329 g/mol. The molecule has 1 saturated carbocycles. The van der Waals surface area contributed by atoms with Gasteiger partial charge < -0.3 is 9.42 Å². The fourth-order valence-corrected chi connectivity index (χ4v) is 3.79. The lowest BCUT2D eigenvalue weighted by Crippen LogP contribution is -2.38. The summed E-state index contributed by atoms with van der Waals surface area (Å²) in [5.41, 5.74) is 0.564. The van der Waals surface area contributed by atoms with Crippen molar-refractivity contribution in [2.24, 2.45) is 0 Å². The lowest BCUT2D eigenvalue weighted by Gasteiger charge is -2.29. The van der Waals surface area contributed by atoms with Crippen molar-refractivity contribution in [3.63, 3.8) is 0 Å². The van der Waals surface area contributed by atoms with E-state index in [1.165, 1.54) is 25.7 Å². The quantitative estimate of drug-likeness (QED) is 0.865. The standard InChI is InChI=1S/C17H23N5O2/c1-12-18-16(24-20-12)13-6-9-21(10-7-13)17(23)15-8-11-22(19-15)14-4-2-3-5-14/h8,11,13-14H,2-7,9-10H2,1H3. The van der Waals surface area contributed by atoms with Crippen LogP contribution in [-0.4, -0.2) is 43.8 Å². The first-order valence-corrected chi connectivity index (χ1v) is 8.85. The van der Waals surface area contributed by atoms with Gasteiger partial charge in [-0.2, -0.15) is 10.1 Å². The van der Waals surface area contributed by atoms with Gasteiger partial charge in [-0.25, -0.2) is 0 Å². The second-order valence-electron chi connectivity index (χ2n) is 6.87. The lowest BCUT2D eigenvalue weighted by atomic mass is 9.96. The molecule has 0 bridgehead atoms. The maximum Gasteiger partial charge on any atom is 0.274 e. The normalized spacial score (nSPS) is 20.0. The van der Waals surface area contributed by atoms with Crippen molar-refractivity contribution in [1.82, 2.24) is 24.8 Å². The molecule has 2 aliphatic rings. The highest BCUT2D eigenvalue weighted by atomic mass is 16.5. The van der Waals surface area contributed by atoms with Crippen LogP contribution in [0.25, 0.3) is 0 Å². The van der Waals surface area contributed by atoms with Crippen LogP contribution in [0.2, 0.25) is 0 Å². The number of aromatic nitrogens is 4. The number of piperidine rings is 1. The number of amides is 1. The van der Waals surface area contributed by atoms with Crippen LogP contribution in [0.15, 0.2) is 16.8 Å². The van der Waals surface area contributed by atoms with E-state index in [0.29, 0.717) is 36.5 Å². The molecule has 4 rings (SSSR count). The molecule has 2 aromatic rings. The molecule has 7 heteroatoms. The van der Waals surface area contributed by atoms with E-state index in [1.54, 1.807) is 0 Å². The summed E-state index contributed by atoms with van der Waals surface area (Å²) in [6.07, 6.45) is 8.53. The van der Waals surface area contributed by atoms with Crippen molar-refractivity contribution in [2.75, 3.05) is 13.1 Å². The fraction of sp³-hybridized carbons (Fsp3) is 0.647. The maximum absolute atomic E-state index is 12.7. The molecule has 0 N–H and O–H groups in total. The predicted octanol–water partition coefficient (Wildman–Crippen LogP) is 2.71. The first-order chi connectivity index (χ1) is 11.7. The first-order valence-electron chi connectivity index (χ1n) is 8.85. The number of rotatable bonds is 3. The zero-order chi connectivity index (χ0) is 16.5. The van der Waals surface area contributed by atoms with E-state index in [0.717, 1.165) is 12.8 Å². The minimum atomic E-state index is 0.0342. The molecular weight excluding hydrogens is 306 g/mol. The van der Waals surface area contributed by atoms with Crippen LogP contribution in [0, 0.1) is 6.92 Å². The Kier molecular flexibility index (Phi) is 4.08.